The van der Waals surface area contributed by atoms with Gasteiger partial charge in [0.1, 0.15) is 24.1 Å². The molecule has 1 N–H and O–H groups in total. The first-order chi connectivity index (χ1) is 14.7. The summed E-state index contributed by atoms with van der Waals surface area (Å²) in [6.07, 6.45) is 0. The third-order valence-corrected chi connectivity index (χ3v) is 6.37. The Morgan fingerprint density at radius 3 is 2.58 bits per heavy atom. The molecule has 0 saturated carbocycles. The molecule has 0 aliphatic carbocycles. The van der Waals surface area contributed by atoms with Crippen molar-refractivity contribution in [2.75, 3.05) is 13.9 Å². The summed E-state index contributed by atoms with van der Waals surface area (Å²) in [5.41, 5.74) is 1.34. The van der Waals surface area contributed by atoms with Gasteiger partial charge >= 0.3 is 5.97 Å². The highest BCUT2D eigenvalue weighted by molar-refractivity contribution is 7.89. The molecule has 31 heavy (non-hydrogen) atoms. The van der Waals surface area contributed by atoms with Crippen molar-refractivity contribution in [3.63, 3.8) is 0 Å². The second-order valence-electron chi connectivity index (χ2n) is 7.29. The van der Waals surface area contributed by atoms with Gasteiger partial charge in [-0.05, 0) is 42.3 Å². The molecule has 0 fully saturated rings. The Labute approximate surface area is 186 Å². The number of methoxy groups -OCH3 is 1. The van der Waals surface area contributed by atoms with Gasteiger partial charge in [-0.1, -0.05) is 25.4 Å². The van der Waals surface area contributed by atoms with E-state index in [0.717, 1.165) is 5.56 Å². The van der Waals surface area contributed by atoms with E-state index in [0.29, 0.717) is 28.7 Å². The predicted octanol–water partition coefficient (Wildman–Crippen LogP) is 3.26. The SMILES string of the molecule is COc1ccc(S(=O)(=O)NC(C(=O)OCc2cc(Cl)cc3c2OCOC3)C(C)C)cc1. The van der Waals surface area contributed by atoms with E-state index in [-0.39, 0.29) is 24.2 Å². The summed E-state index contributed by atoms with van der Waals surface area (Å²) >= 11 is 6.13. The van der Waals surface area contributed by atoms with E-state index in [1.807, 2.05) is 0 Å². The summed E-state index contributed by atoms with van der Waals surface area (Å²) in [6.45, 7) is 3.77. The van der Waals surface area contributed by atoms with Crippen molar-refractivity contribution in [2.24, 2.45) is 5.92 Å². The van der Waals surface area contributed by atoms with Gasteiger partial charge in [0.15, 0.2) is 6.79 Å². The summed E-state index contributed by atoms with van der Waals surface area (Å²) in [5.74, 6) is 0.0333. The van der Waals surface area contributed by atoms with Crippen LogP contribution in [0.25, 0.3) is 0 Å². The van der Waals surface area contributed by atoms with Gasteiger partial charge in [0.05, 0.1) is 18.6 Å². The van der Waals surface area contributed by atoms with E-state index in [9.17, 15) is 13.2 Å². The maximum atomic E-state index is 12.8. The second kappa shape index (κ2) is 9.86. The van der Waals surface area contributed by atoms with Crippen LogP contribution in [0.3, 0.4) is 0 Å². The minimum Gasteiger partial charge on any atom is -0.497 e. The molecule has 2 aromatic carbocycles. The first kappa shape index (κ1) is 23.3. The van der Waals surface area contributed by atoms with Crippen molar-refractivity contribution in [3.05, 3.63) is 52.5 Å². The van der Waals surface area contributed by atoms with Crippen molar-refractivity contribution in [1.29, 1.82) is 0 Å². The Balaban J connectivity index is 1.73. The molecule has 1 unspecified atom stereocenters. The summed E-state index contributed by atoms with van der Waals surface area (Å²) in [7, 11) is -2.46. The number of hydrogen-bond donors (Lipinski definition) is 1. The minimum absolute atomic E-state index is 0.0176. The van der Waals surface area contributed by atoms with Crippen LogP contribution in [-0.4, -0.2) is 34.3 Å². The van der Waals surface area contributed by atoms with Crippen LogP contribution in [0.1, 0.15) is 25.0 Å². The summed E-state index contributed by atoms with van der Waals surface area (Å²) in [5, 5.41) is 0.458. The van der Waals surface area contributed by atoms with Crippen molar-refractivity contribution in [1.82, 2.24) is 4.72 Å². The van der Waals surface area contributed by atoms with Crippen LogP contribution in [0.2, 0.25) is 5.02 Å². The number of nitrogens with one attached hydrogen (secondary N) is 1. The van der Waals surface area contributed by atoms with Crippen LogP contribution in [0.15, 0.2) is 41.3 Å². The third-order valence-electron chi connectivity index (χ3n) is 4.69. The molecule has 168 valence electrons. The standard InChI is InChI=1S/C21H24ClNO7S/c1-13(2)19(23-31(25,26)18-6-4-17(27-3)5-7-18)21(24)29-11-15-9-16(22)8-14-10-28-12-30-20(14)15/h4-9,13,19,23H,10-12H2,1-3H3. The number of hydrogen-bond acceptors (Lipinski definition) is 7. The molecule has 0 saturated heterocycles. The molecule has 2 aromatic rings. The van der Waals surface area contributed by atoms with Crippen LogP contribution in [-0.2, 0) is 37.5 Å². The number of carbonyl (C=O) groups excluding carboxylic acids is 1. The van der Waals surface area contributed by atoms with Gasteiger partial charge in [0.2, 0.25) is 10.0 Å². The van der Waals surface area contributed by atoms with Gasteiger partial charge in [0.25, 0.3) is 0 Å². The number of halogens is 1. The number of fused-ring (bicyclic) bond motifs is 1. The number of ether oxygens (including phenoxy) is 4. The average molecular weight is 470 g/mol. The Morgan fingerprint density at radius 2 is 1.94 bits per heavy atom. The van der Waals surface area contributed by atoms with E-state index >= 15 is 0 Å². The molecule has 0 aromatic heterocycles. The lowest BCUT2D eigenvalue weighted by atomic mass is 10.1. The first-order valence-electron chi connectivity index (χ1n) is 9.56. The Bertz CT molecular complexity index is 1040. The highest BCUT2D eigenvalue weighted by Crippen LogP contribution is 2.32. The van der Waals surface area contributed by atoms with E-state index in [1.165, 1.54) is 31.4 Å². The second-order valence-corrected chi connectivity index (χ2v) is 9.44. The molecule has 1 heterocycles. The quantitative estimate of drug-likeness (QED) is 0.592. The maximum absolute atomic E-state index is 12.8. The molecule has 3 rings (SSSR count). The number of esters is 1. The molecular weight excluding hydrogens is 446 g/mol. The lowest BCUT2D eigenvalue weighted by Crippen LogP contribution is -2.45. The maximum Gasteiger partial charge on any atom is 0.324 e. The zero-order chi connectivity index (χ0) is 22.6. The van der Waals surface area contributed by atoms with Gasteiger partial charge in [-0.2, -0.15) is 4.72 Å². The fourth-order valence-electron chi connectivity index (χ4n) is 3.05. The van der Waals surface area contributed by atoms with Gasteiger partial charge in [0, 0.05) is 16.1 Å². The van der Waals surface area contributed by atoms with Gasteiger partial charge in [-0.15, -0.1) is 0 Å². The van der Waals surface area contributed by atoms with Crippen LogP contribution in [0, 0.1) is 5.92 Å². The third kappa shape index (κ3) is 5.68. The molecule has 0 spiro atoms. The topological polar surface area (TPSA) is 100 Å². The van der Waals surface area contributed by atoms with Crippen LogP contribution >= 0.6 is 11.6 Å². The molecule has 1 atom stereocenters. The summed E-state index contributed by atoms with van der Waals surface area (Å²) in [4.78, 5) is 12.8. The van der Waals surface area contributed by atoms with Crippen molar-refractivity contribution in [3.8, 4) is 11.5 Å². The van der Waals surface area contributed by atoms with Gasteiger partial charge in [-0.25, -0.2) is 8.42 Å². The van der Waals surface area contributed by atoms with E-state index in [1.54, 1.807) is 26.0 Å². The van der Waals surface area contributed by atoms with E-state index in [2.05, 4.69) is 4.72 Å². The molecule has 0 amide bonds. The highest BCUT2D eigenvalue weighted by atomic mass is 35.5. The smallest absolute Gasteiger partial charge is 0.324 e. The Morgan fingerprint density at radius 1 is 1.23 bits per heavy atom. The Hall–Kier alpha value is -2.33. The zero-order valence-corrected chi connectivity index (χ0v) is 19.0. The summed E-state index contributed by atoms with van der Waals surface area (Å²) < 4.78 is 49.2. The number of carbonyl (C=O) groups is 1. The van der Waals surface area contributed by atoms with E-state index in [4.69, 9.17) is 30.5 Å². The molecule has 10 heteroatoms. The lowest BCUT2D eigenvalue weighted by Gasteiger charge is -2.23. The lowest BCUT2D eigenvalue weighted by molar-refractivity contribution is -0.148. The van der Waals surface area contributed by atoms with Crippen molar-refractivity contribution in [2.45, 2.75) is 38.0 Å². The van der Waals surface area contributed by atoms with E-state index < -0.39 is 22.0 Å². The summed E-state index contributed by atoms with van der Waals surface area (Å²) in [6, 6.07) is 8.16. The number of sulfonamides is 1. The van der Waals surface area contributed by atoms with Crippen molar-refractivity contribution >= 4 is 27.6 Å². The molecular formula is C21H24ClNO7S. The van der Waals surface area contributed by atoms with Gasteiger partial charge < -0.3 is 18.9 Å². The van der Waals surface area contributed by atoms with Crippen LogP contribution < -0.4 is 14.2 Å². The highest BCUT2D eigenvalue weighted by Gasteiger charge is 2.30. The molecule has 0 radical (unpaired) electrons. The molecule has 1 aliphatic rings. The van der Waals surface area contributed by atoms with Crippen LogP contribution in [0.4, 0.5) is 0 Å². The molecule has 0 bridgehead atoms. The Kier molecular flexibility index (Phi) is 7.42. The normalized spacial score (nSPS) is 14.5. The minimum atomic E-state index is -3.95. The van der Waals surface area contributed by atoms with Crippen molar-refractivity contribution < 1.29 is 32.2 Å². The molecule has 1 aliphatic heterocycles. The average Bonchev–Trinajstić information content (AvgIpc) is 2.75. The zero-order valence-electron chi connectivity index (χ0n) is 17.4. The van der Waals surface area contributed by atoms with Gasteiger partial charge in [-0.3, -0.25) is 4.79 Å². The fourth-order valence-corrected chi connectivity index (χ4v) is 4.65. The van der Waals surface area contributed by atoms with Crippen LogP contribution in [0.5, 0.6) is 11.5 Å². The molecule has 8 nitrogen and oxygen atoms in total. The number of benzene rings is 2. The predicted molar refractivity (Wildman–Crippen MR) is 113 cm³/mol. The largest absolute Gasteiger partial charge is 0.497 e. The first-order valence-corrected chi connectivity index (χ1v) is 11.4. The monoisotopic (exact) mass is 469 g/mol. The number of rotatable bonds is 8. The fraction of sp³-hybridized carbons (Fsp3) is 0.381.